The number of aromatic nitrogens is 1. The molecule has 1 saturated heterocycles. The first-order valence-electron chi connectivity index (χ1n) is 15.8. The number of rotatable bonds is 13. The first kappa shape index (κ1) is 32.2. The van der Waals surface area contributed by atoms with E-state index in [4.69, 9.17) is 9.47 Å². The molecule has 1 N–H and O–H groups in total. The quantitative estimate of drug-likeness (QED) is 0.266. The number of fused-ring (bicyclic) bond motifs is 1. The number of aliphatic carboxylic acids is 1. The summed E-state index contributed by atoms with van der Waals surface area (Å²) < 4.78 is 26.9. The highest BCUT2D eigenvalue weighted by Crippen LogP contribution is 2.43. The Labute approximate surface area is 263 Å². The average Bonchev–Trinajstić information content (AvgIpc) is 3.63. The van der Waals surface area contributed by atoms with Crippen molar-refractivity contribution < 1.29 is 28.6 Å². The SMILES string of the molecule is CCCC(CCC)N(C(=O)CN1CC(c2ccc3c(c2)OCO3)[C@H](C(=O)O)[C@H]1CCn1ccccc1=O)c1ccc(F)c(C)c1. The molecule has 0 radical (unpaired) electrons. The van der Waals surface area contributed by atoms with Crippen LogP contribution in [-0.4, -0.2) is 58.4 Å². The van der Waals surface area contributed by atoms with Crippen molar-refractivity contribution in [1.82, 2.24) is 9.47 Å². The van der Waals surface area contributed by atoms with E-state index in [1.807, 2.05) is 17.0 Å². The van der Waals surface area contributed by atoms with Crippen molar-refractivity contribution in [2.45, 2.75) is 77.4 Å². The molecule has 0 saturated carbocycles. The molecule has 0 aliphatic carbocycles. The van der Waals surface area contributed by atoms with Gasteiger partial charge < -0.3 is 24.0 Å². The molecule has 1 amide bonds. The van der Waals surface area contributed by atoms with Gasteiger partial charge in [0.2, 0.25) is 18.3 Å². The maximum Gasteiger partial charge on any atom is 0.308 e. The molecule has 2 aliphatic heterocycles. The van der Waals surface area contributed by atoms with E-state index in [-0.39, 0.29) is 36.7 Å². The van der Waals surface area contributed by atoms with E-state index in [9.17, 15) is 23.9 Å². The third kappa shape index (κ3) is 7.06. The van der Waals surface area contributed by atoms with E-state index in [1.165, 1.54) is 12.1 Å². The number of carboxylic acids is 1. The molecule has 3 aromatic rings. The summed E-state index contributed by atoms with van der Waals surface area (Å²) in [5.41, 5.74) is 1.72. The van der Waals surface area contributed by atoms with Crippen molar-refractivity contribution in [2.75, 3.05) is 24.8 Å². The third-order valence-corrected chi connectivity index (χ3v) is 9.06. The van der Waals surface area contributed by atoms with Gasteiger partial charge in [0.25, 0.3) is 0 Å². The molecule has 1 aromatic heterocycles. The number of carbonyl (C=O) groups excluding carboxylic acids is 1. The summed E-state index contributed by atoms with van der Waals surface area (Å²) in [5.74, 6) is -1.53. The van der Waals surface area contributed by atoms with Gasteiger partial charge in [-0.05, 0) is 73.7 Å². The summed E-state index contributed by atoms with van der Waals surface area (Å²) in [4.78, 5) is 43.6. The first-order valence-corrected chi connectivity index (χ1v) is 15.8. The van der Waals surface area contributed by atoms with E-state index in [2.05, 4.69) is 13.8 Å². The summed E-state index contributed by atoms with van der Waals surface area (Å²) in [6, 6.07) is 14.6. The molecule has 3 heterocycles. The van der Waals surface area contributed by atoms with Crippen LogP contribution >= 0.6 is 0 Å². The molecule has 3 atom stereocenters. The Balaban J connectivity index is 1.50. The molecule has 2 aliphatic rings. The van der Waals surface area contributed by atoms with Gasteiger partial charge in [-0.2, -0.15) is 0 Å². The Bertz CT molecular complexity index is 1570. The minimum atomic E-state index is -0.959. The fourth-order valence-corrected chi connectivity index (χ4v) is 6.91. The van der Waals surface area contributed by atoms with E-state index in [0.717, 1.165) is 31.2 Å². The molecule has 0 bridgehead atoms. The maximum absolute atomic E-state index is 14.4. The molecular formula is C35H42FN3O6. The van der Waals surface area contributed by atoms with Crippen LogP contribution in [0.3, 0.4) is 0 Å². The molecule has 10 heteroatoms. The molecule has 2 aromatic carbocycles. The van der Waals surface area contributed by atoms with Gasteiger partial charge in [0.05, 0.1) is 12.5 Å². The maximum atomic E-state index is 14.4. The highest BCUT2D eigenvalue weighted by atomic mass is 19.1. The van der Waals surface area contributed by atoms with Crippen molar-refractivity contribution in [3.05, 3.63) is 88.1 Å². The topological polar surface area (TPSA) is 101 Å². The van der Waals surface area contributed by atoms with Crippen molar-refractivity contribution in [1.29, 1.82) is 0 Å². The van der Waals surface area contributed by atoms with Crippen LogP contribution in [0.4, 0.5) is 10.1 Å². The number of anilines is 1. The van der Waals surface area contributed by atoms with Gasteiger partial charge in [0, 0.05) is 49.0 Å². The van der Waals surface area contributed by atoms with Gasteiger partial charge in [-0.3, -0.25) is 19.3 Å². The molecule has 45 heavy (non-hydrogen) atoms. The summed E-state index contributed by atoms with van der Waals surface area (Å²) >= 11 is 0. The molecule has 9 nitrogen and oxygen atoms in total. The van der Waals surface area contributed by atoms with Crippen molar-refractivity contribution in [3.63, 3.8) is 0 Å². The lowest BCUT2D eigenvalue weighted by atomic mass is 9.84. The predicted molar refractivity (Wildman–Crippen MR) is 169 cm³/mol. The lowest BCUT2D eigenvalue weighted by molar-refractivity contribution is -0.143. The summed E-state index contributed by atoms with van der Waals surface area (Å²) in [6.07, 6.45) is 5.37. The summed E-state index contributed by atoms with van der Waals surface area (Å²) in [7, 11) is 0. The highest BCUT2D eigenvalue weighted by Gasteiger charge is 2.47. The predicted octanol–water partition coefficient (Wildman–Crippen LogP) is 5.59. The van der Waals surface area contributed by atoms with Crippen LogP contribution in [-0.2, 0) is 16.1 Å². The van der Waals surface area contributed by atoms with Crippen LogP contribution in [0.2, 0.25) is 0 Å². The largest absolute Gasteiger partial charge is 0.481 e. The zero-order chi connectivity index (χ0) is 32.1. The minimum absolute atomic E-state index is 0.0143. The minimum Gasteiger partial charge on any atom is -0.481 e. The normalized spacial score (nSPS) is 19.3. The number of likely N-dealkylation sites (tertiary alicyclic amines) is 1. The molecule has 0 spiro atoms. The smallest absolute Gasteiger partial charge is 0.308 e. The highest BCUT2D eigenvalue weighted by molar-refractivity contribution is 5.95. The molecule has 5 rings (SSSR count). The number of ether oxygens (including phenoxy) is 2. The lowest BCUT2D eigenvalue weighted by Crippen LogP contribution is -2.48. The average molecular weight is 620 g/mol. The number of halogens is 1. The van der Waals surface area contributed by atoms with Crippen LogP contribution in [0.15, 0.2) is 65.6 Å². The van der Waals surface area contributed by atoms with E-state index < -0.39 is 23.8 Å². The summed E-state index contributed by atoms with van der Waals surface area (Å²) in [6.45, 7) is 6.58. The van der Waals surface area contributed by atoms with Gasteiger partial charge in [0.1, 0.15) is 5.82 Å². The Kier molecular flexibility index (Phi) is 10.2. The van der Waals surface area contributed by atoms with Gasteiger partial charge in [0.15, 0.2) is 11.5 Å². The second kappa shape index (κ2) is 14.3. The van der Waals surface area contributed by atoms with Crippen molar-refractivity contribution in [3.8, 4) is 11.5 Å². The number of benzene rings is 2. The lowest BCUT2D eigenvalue weighted by Gasteiger charge is -2.35. The van der Waals surface area contributed by atoms with Gasteiger partial charge in [-0.25, -0.2) is 4.39 Å². The van der Waals surface area contributed by atoms with E-state index in [0.29, 0.717) is 42.3 Å². The standard InChI is InChI=1S/C35H42FN3O6/c1-4-8-25(9-5-2)39(26-12-13-28(36)23(3)18-26)33(41)21-38-20-27(24-11-14-30-31(19-24)45-22-44-30)34(35(42)43)29(38)15-17-37-16-7-6-10-32(37)40/h6-7,10-14,16,18-19,25,27,29,34H,4-5,8-9,15,17,20-22H2,1-3H3,(H,42,43)/t27?,29-,34+/m1/s1. The van der Waals surface area contributed by atoms with E-state index >= 15 is 0 Å². The number of nitrogens with zero attached hydrogens (tertiary/aromatic N) is 3. The van der Waals surface area contributed by atoms with Crippen LogP contribution in [0.5, 0.6) is 11.5 Å². The van der Waals surface area contributed by atoms with Gasteiger partial charge in [-0.15, -0.1) is 0 Å². The number of hydrogen-bond acceptors (Lipinski definition) is 6. The number of aryl methyl sites for hydroxylation is 2. The molecule has 240 valence electrons. The molecule has 1 fully saturated rings. The van der Waals surface area contributed by atoms with Crippen LogP contribution in [0.25, 0.3) is 0 Å². The number of hydrogen-bond donors (Lipinski definition) is 1. The van der Waals surface area contributed by atoms with Gasteiger partial charge >= 0.3 is 5.97 Å². The monoisotopic (exact) mass is 619 g/mol. The zero-order valence-electron chi connectivity index (χ0n) is 26.2. The Hall–Kier alpha value is -4.18. The van der Waals surface area contributed by atoms with Gasteiger partial charge in [-0.1, -0.05) is 38.8 Å². The Morgan fingerprint density at radius 3 is 2.49 bits per heavy atom. The fraction of sp³-hybridized carbons (Fsp3) is 0.457. The second-order valence-corrected chi connectivity index (χ2v) is 12.0. The number of amides is 1. The first-order chi connectivity index (χ1) is 21.7. The van der Waals surface area contributed by atoms with Crippen LogP contribution in [0.1, 0.15) is 63.0 Å². The van der Waals surface area contributed by atoms with Crippen molar-refractivity contribution >= 4 is 17.6 Å². The second-order valence-electron chi connectivity index (χ2n) is 12.0. The zero-order valence-corrected chi connectivity index (χ0v) is 26.2. The van der Waals surface area contributed by atoms with Crippen molar-refractivity contribution in [2.24, 2.45) is 5.92 Å². The Morgan fingerprint density at radius 2 is 1.80 bits per heavy atom. The Morgan fingerprint density at radius 1 is 1.04 bits per heavy atom. The number of carbonyl (C=O) groups is 2. The van der Waals surface area contributed by atoms with Crippen LogP contribution in [0, 0.1) is 18.7 Å². The third-order valence-electron chi connectivity index (χ3n) is 9.06. The fourth-order valence-electron chi connectivity index (χ4n) is 6.91. The number of pyridine rings is 1. The summed E-state index contributed by atoms with van der Waals surface area (Å²) in [5, 5.41) is 10.6. The molecule has 1 unspecified atom stereocenters. The molecular weight excluding hydrogens is 577 g/mol. The van der Waals surface area contributed by atoms with Crippen LogP contribution < -0.4 is 19.9 Å². The van der Waals surface area contributed by atoms with E-state index in [1.54, 1.807) is 52.9 Å². The number of carboxylic acid groups (broad SMARTS) is 1.